The molecule has 0 saturated carbocycles. The molecular formula is C11H18N4O4. The number of carboxylic acid groups (broad SMARTS) is 1. The highest BCUT2D eigenvalue weighted by Gasteiger charge is 2.35. The van der Waals surface area contributed by atoms with Gasteiger partial charge in [-0.25, -0.2) is 4.79 Å². The van der Waals surface area contributed by atoms with E-state index in [1.165, 1.54) is 4.90 Å². The van der Waals surface area contributed by atoms with Gasteiger partial charge in [0.25, 0.3) is 0 Å². The average molecular weight is 270 g/mol. The Hall–Kier alpha value is -1.83. The summed E-state index contributed by atoms with van der Waals surface area (Å²) in [6.07, 6.45) is 0. The second-order valence-electron chi connectivity index (χ2n) is 4.73. The molecule has 3 amide bonds. The Kier molecular flexibility index (Phi) is 4.20. The van der Waals surface area contributed by atoms with Gasteiger partial charge in [-0.05, 0) is 0 Å². The van der Waals surface area contributed by atoms with Crippen LogP contribution in [0.25, 0.3) is 0 Å². The van der Waals surface area contributed by atoms with Crippen LogP contribution >= 0.6 is 0 Å². The second-order valence-corrected chi connectivity index (χ2v) is 4.73. The van der Waals surface area contributed by atoms with Gasteiger partial charge in [-0.3, -0.25) is 9.59 Å². The van der Waals surface area contributed by atoms with Gasteiger partial charge < -0.3 is 25.5 Å². The van der Waals surface area contributed by atoms with Gasteiger partial charge >= 0.3 is 12.0 Å². The Balaban J connectivity index is 1.66. The number of hydrogen-bond donors (Lipinski definition) is 3. The van der Waals surface area contributed by atoms with Crippen molar-refractivity contribution in [2.24, 2.45) is 5.92 Å². The van der Waals surface area contributed by atoms with Crippen molar-refractivity contribution in [3.63, 3.8) is 0 Å². The van der Waals surface area contributed by atoms with Gasteiger partial charge in [0.05, 0.1) is 12.5 Å². The van der Waals surface area contributed by atoms with E-state index in [4.69, 9.17) is 5.11 Å². The molecule has 106 valence electrons. The van der Waals surface area contributed by atoms with Gasteiger partial charge in [-0.2, -0.15) is 0 Å². The lowest BCUT2D eigenvalue weighted by molar-refractivity contribution is -0.146. The first-order valence-electron chi connectivity index (χ1n) is 6.32. The van der Waals surface area contributed by atoms with E-state index in [-0.39, 0.29) is 31.6 Å². The molecule has 0 spiro atoms. The number of piperazine rings is 1. The van der Waals surface area contributed by atoms with Crippen molar-refractivity contribution in [1.82, 2.24) is 20.4 Å². The zero-order chi connectivity index (χ0) is 13.8. The summed E-state index contributed by atoms with van der Waals surface area (Å²) in [5.74, 6) is -1.47. The fourth-order valence-corrected chi connectivity index (χ4v) is 2.09. The van der Waals surface area contributed by atoms with E-state index in [0.29, 0.717) is 13.1 Å². The third kappa shape index (κ3) is 3.34. The zero-order valence-electron chi connectivity index (χ0n) is 10.6. The van der Waals surface area contributed by atoms with Crippen LogP contribution in [-0.4, -0.2) is 78.6 Å². The fourth-order valence-electron chi connectivity index (χ4n) is 2.09. The molecule has 0 aliphatic carbocycles. The van der Waals surface area contributed by atoms with Gasteiger partial charge in [0.1, 0.15) is 0 Å². The van der Waals surface area contributed by atoms with Crippen molar-refractivity contribution in [3.05, 3.63) is 0 Å². The molecule has 0 bridgehead atoms. The molecular weight excluding hydrogens is 252 g/mol. The summed E-state index contributed by atoms with van der Waals surface area (Å²) in [5, 5.41) is 14.4. The molecule has 3 N–H and O–H groups in total. The maximum Gasteiger partial charge on any atom is 0.317 e. The second kappa shape index (κ2) is 5.87. The van der Waals surface area contributed by atoms with Crippen LogP contribution in [0.15, 0.2) is 0 Å². The first-order chi connectivity index (χ1) is 9.08. The quantitative estimate of drug-likeness (QED) is 0.558. The van der Waals surface area contributed by atoms with Crippen LogP contribution in [0.4, 0.5) is 4.79 Å². The highest BCUT2D eigenvalue weighted by atomic mass is 16.4. The predicted octanol–water partition coefficient (Wildman–Crippen LogP) is -1.86. The molecule has 0 aromatic heterocycles. The molecule has 0 aromatic rings. The summed E-state index contributed by atoms with van der Waals surface area (Å²) >= 11 is 0. The zero-order valence-corrected chi connectivity index (χ0v) is 10.6. The number of hydrogen-bond acceptors (Lipinski definition) is 4. The van der Waals surface area contributed by atoms with Gasteiger partial charge in [0, 0.05) is 39.3 Å². The number of rotatable bonds is 3. The molecule has 0 unspecified atom stereocenters. The molecule has 2 rings (SSSR count). The van der Waals surface area contributed by atoms with E-state index in [2.05, 4.69) is 10.6 Å². The summed E-state index contributed by atoms with van der Waals surface area (Å²) in [6.45, 7) is 3.23. The van der Waals surface area contributed by atoms with E-state index in [1.54, 1.807) is 4.90 Å². The number of urea groups is 1. The molecule has 2 aliphatic rings. The van der Waals surface area contributed by atoms with E-state index >= 15 is 0 Å². The highest BCUT2D eigenvalue weighted by Crippen LogP contribution is 2.14. The smallest absolute Gasteiger partial charge is 0.317 e. The maximum absolute atomic E-state index is 11.8. The summed E-state index contributed by atoms with van der Waals surface area (Å²) in [7, 11) is 0. The summed E-state index contributed by atoms with van der Waals surface area (Å²) in [4.78, 5) is 37.1. The topological polar surface area (TPSA) is 102 Å². The number of likely N-dealkylation sites (tertiary alicyclic amines) is 1. The van der Waals surface area contributed by atoms with Crippen LogP contribution in [0.5, 0.6) is 0 Å². The van der Waals surface area contributed by atoms with Crippen molar-refractivity contribution in [2.45, 2.75) is 0 Å². The van der Waals surface area contributed by atoms with Crippen LogP contribution < -0.4 is 10.6 Å². The van der Waals surface area contributed by atoms with E-state index in [9.17, 15) is 14.4 Å². The number of carbonyl (C=O) groups excluding carboxylic acids is 2. The third-order valence-electron chi connectivity index (χ3n) is 3.38. The van der Waals surface area contributed by atoms with Crippen molar-refractivity contribution < 1.29 is 19.5 Å². The molecule has 0 atom stereocenters. The van der Waals surface area contributed by atoms with E-state index < -0.39 is 11.9 Å². The van der Waals surface area contributed by atoms with Crippen molar-refractivity contribution >= 4 is 17.9 Å². The van der Waals surface area contributed by atoms with Crippen LogP contribution in [-0.2, 0) is 9.59 Å². The number of aliphatic carboxylic acids is 1. The summed E-state index contributed by atoms with van der Waals surface area (Å²) in [6, 6.07) is -0.374. The molecule has 2 saturated heterocycles. The first kappa shape index (κ1) is 13.6. The molecule has 8 nitrogen and oxygen atoms in total. The number of carbonyl (C=O) groups is 3. The lowest BCUT2D eigenvalue weighted by atomic mass is 10.0. The van der Waals surface area contributed by atoms with Gasteiger partial charge in [0.15, 0.2) is 0 Å². The Labute approximate surface area is 110 Å². The number of nitrogens with zero attached hydrogens (tertiary/aromatic N) is 2. The molecule has 8 heteroatoms. The predicted molar refractivity (Wildman–Crippen MR) is 65.5 cm³/mol. The van der Waals surface area contributed by atoms with E-state index in [1.807, 2.05) is 0 Å². The fraction of sp³-hybridized carbons (Fsp3) is 0.727. The molecule has 2 heterocycles. The Morgan fingerprint density at radius 3 is 2.37 bits per heavy atom. The van der Waals surface area contributed by atoms with Crippen molar-refractivity contribution in [3.8, 4) is 0 Å². The molecule has 2 fully saturated rings. The molecule has 19 heavy (non-hydrogen) atoms. The van der Waals surface area contributed by atoms with Crippen molar-refractivity contribution in [1.29, 1.82) is 0 Å². The summed E-state index contributed by atoms with van der Waals surface area (Å²) < 4.78 is 0. The number of carboxylic acids is 1. The minimum Gasteiger partial charge on any atom is -0.481 e. The third-order valence-corrected chi connectivity index (χ3v) is 3.38. The number of nitrogens with one attached hydrogen (secondary N) is 2. The maximum atomic E-state index is 11.8. The Morgan fingerprint density at radius 2 is 1.79 bits per heavy atom. The minimum atomic E-state index is -0.888. The standard InChI is InChI=1S/C11H18N4O4/c16-9(14-3-1-12-2-4-14)5-13-11(19)15-6-8(7-15)10(17)18/h8,12H,1-7H2,(H,13,19)(H,17,18). The lowest BCUT2D eigenvalue weighted by Gasteiger charge is -2.36. The summed E-state index contributed by atoms with van der Waals surface area (Å²) in [5.41, 5.74) is 0. The van der Waals surface area contributed by atoms with Crippen LogP contribution in [0.2, 0.25) is 0 Å². The average Bonchev–Trinajstić information content (AvgIpc) is 2.34. The largest absolute Gasteiger partial charge is 0.481 e. The highest BCUT2D eigenvalue weighted by molar-refractivity contribution is 5.85. The SMILES string of the molecule is O=C(O)C1CN(C(=O)NCC(=O)N2CCNCC2)C1. The van der Waals surface area contributed by atoms with Gasteiger partial charge in [-0.15, -0.1) is 0 Å². The van der Waals surface area contributed by atoms with Gasteiger partial charge in [-0.1, -0.05) is 0 Å². The Morgan fingerprint density at radius 1 is 1.16 bits per heavy atom. The lowest BCUT2D eigenvalue weighted by Crippen LogP contribution is -2.57. The van der Waals surface area contributed by atoms with Crippen molar-refractivity contribution in [2.75, 3.05) is 45.8 Å². The number of amides is 3. The molecule has 2 aliphatic heterocycles. The first-order valence-corrected chi connectivity index (χ1v) is 6.32. The van der Waals surface area contributed by atoms with Gasteiger partial charge in [0.2, 0.25) is 5.91 Å². The van der Waals surface area contributed by atoms with Crippen LogP contribution in [0, 0.1) is 5.92 Å². The van der Waals surface area contributed by atoms with E-state index in [0.717, 1.165) is 13.1 Å². The van der Waals surface area contributed by atoms with Crippen LogP contribution in [0.1, 0.15) is 0 Å². The normalized spacial score (nSPS) is 19.8. The Bertz CT molecular complexity index is 375. The minimum absolute atomic E-state index is 0.0347. The molecule has 0 aromatic carbocycles. The van der Waals surface area contributed by atoms with Crippen LogP contribution in [0.3, 0.4) is 0 Å². The molecule has 0 radical (unpaired) electrons. The monoisotopic (exact) mass is 270 g/mol.